The highest BCUT2D eigenvalue weighted by Gasteiger charge is 2.16. The summed E-state index contributed by atoms with van der Waals surface area (Å²) in [6, 6.07) is 9.87. The summed E-state index contributed by atoms with van der Waals surface area (Å²) >= 11 is 0. The molecule has 0 saturated carbocycles. The van der Waals surface area contributed by atoms with Crippen LogP contribution in [0.5, 0.6) is 0 Å². The molecule has 0 aromatic heterocycles. The summed E-state index contributed by atoms with van der Waals surface area (Å²) in [5.41, 5.74) is 7.07. The van der Waals surface area contributed by atoms with E-state index < -0.39 is 0 Å². The number of nitrogens with two attached hydrogens (primary N) is 1. The van der Waals surface area contributed by atoms with Crippen LogP contribution in [0.25, 0.3) is 0 Å². The van der Waals surface area contributed by atoms with Crippen LogP contribution >= 0.6 is 24.8 Å². The molecule has 1 aromatic rings. The first-order chi connectivity index (χ1) is 9.90. The van der Waals surface area contributed by atoms with Crippen molar-refractivity contribution in [3.63, 3.8) is 0 Å². The van der Waals surface area contributed by atoms with Gasteiger partial charge in [-0.2, -0.15) is 0 Å². The van der Waals surface area contributed by atoms with Crippen molar-refractivity contribution in [2.75, 3.05) is 20.6 Å². The van der Waals surface area contributed by atoms with E-state index in [9.17, 15) is 4.79 Å². The summed E-state index contributed by atoms with van der Waals surface area (Å²) in [5, 5.41) is 3.01. The van der Waals surface area contributed by atoms with Gasteiger partial charge < -0.3 is 16.0 Å². The van der Waals surface area contributed by atoms with Gasteiger partial charge in [-0.3, -0.25) is 4.79 Å². The molecule has 1 aromatic carbocycles. The Kier molecular flexibility index (Phi) is 13.4. The first kappa shape index (κ1) is 24.4. The molecule has 0 heterocycles. The van der Waals surface area contributed by atoms with Crippen LogP contribution in [0.3, 0.4) is 0 Å². The molecule has 0 fully saturated rings. The summed E-state index contributed by atoms with van der Waals surface area (Å²) in [6.07, 6.45) is 1.39. The normalized spacial score (nSPS) is 13.0. The highest BCUT2D eigenvalue weighted by molar-refractivity contribution is 5.85. The third-order valence-corrected chi connectivity index (χ3v) is 3.64. The van der Waals surface area contributed by atoms with Crippen LogP contribution in [-0.2, 0) is 4.79 Å². The Morgan fingerprint density at radius 2 is 1.74 bits per heavy atom. The van der Waals surface area contributed by atoms with Gasteiger partial charge in [0.1, 0.15) is 0 Å². The van der Waals surface area contributed by atoms with Crippen molar-refractivity contribution in [2.24, 2.45) is 11.7 Å². The number of hydrogen-bond acceptors (Lipinski definition) is 3. The first-order valence-corrected chi connectivity index (χ1v) is 7.63. The fourth-order valence-electron chi connectivity index (χ4n) is 2.34. The fraction of sp³-hybridized carbons (Fsp3) is 0.588. The minimum absolute atomic E-state index is 0. The second-order valence-corrected chi connectivity index (χ2v) is 6.27. The maximum Gasteiger partial charge on any atom is 0.221 e. The third-order valence-electron chi connectivity index (χ3n) is 3.64. The van der Waals surface area contributed by atoms with Gasteiger partial charge in [0.2, 0.25) is 5.91 Å². The smallest absolute Gasteiger partial charge is 0.221 e. The molecule has 23 heavy (non-hydrogen) atoms. The van der Waals surface area contributed by atoms with E-state index in [4.69, 9.17) is 5.73 Å². The number of nitrogens with one attached hydrogen (secondary N) is 1. The lowest BCUT2D eigenvalue weighted by Crippen LogP contribution is -2.41. The van der Waals surface area contributed by atoms with Crippen LogP contribution in [0.15, 0.2) is 30.3 Å². The Morgan fingerprint density at radius 1 is 1.17 bits per heavy atom. The van der Waals surface area contributed by atoms with Gasteiger partial charge >= 0.3 is 0 Å². The van der Waals surface area contributed by atoms with Gasteiger partial charge in [-0.1, -0.05) is 44.2 Å². The number of halogens is 2. The van der Waals surface area contributed by atoms with Crippen molar-refractivity contribution in [2.45, 2.75) is 38.8 Å². The zero-order valence-corrected chi connectivity index (χ0v) is 16.1. The maximum absolute atomic E-state index is 12.0. The van der Waals surface area contributed by atoms with Crippen LogP contribution in [-0.4, -0.2) is 37.5 Å². The van der Waals surface area contributed by atoms with Crippen LogP contribution < -0.4 is 11.1 Å². The summed E-state index contributed by atoms with van der Waals surface area (Å²) in [7, 11) is 4.10. The van der Waals surface area contributed by atoms with Gasteiger partial charge in [0.15, 0.2) is 0 Å². The van der Waals surface area contributed by atoms with Gasteiger partial charge in [-0.25, -0.2) is 0 Å². The van der Waals surface area contributed by atoms with E-state index in [0.717, 1.165) is 12.0 Å². The maximum atomic E-state index is 12.0. The van der Waals surface area contributed by atoms with Crippen molar-refractivity contribution < 1.29 is 4.79 Å². The number of rotatable bonds is 8. The average molecular weight is 364 g/mol. The van der Waals surface area contributed by atoms with Gasteiger partial charge in [0.05, 0.1) is 0 Å². The van der Waals surface area contributed by atoms with Gasteiger partial charge in [-0.15, -0.1) is 24.8 Å². The third kappa shape index (κ3) is 9.82. The monoisotopic (exact) mass is 363 g/mol. The Bertz CT molecular complexity index is 427. The summed E-state index contributed by atoms with van der Waals surface area (Å²) in [5.74, 6) is 0.628. The Morgan fingerprint density at radius 3 is 2.22 bits per heavy atom. The van der Waals surface area contributed by atoms with Crippen molar-refractivity contribution in [3.8, 4) is 0 Å². The van der Waals surface area contributed by atoms with E-state index >= 15 is 0 Å². The molecular weight excluding hydrogens is 333 g/mol. The quantitative estimate of drug-likeness (QED) is 0.746. The molecule has 1 rings (SSSR count). The molecule has 4 nitrogen and oxygen atoms in total. The Labute approximate surface area is 153 Å². The molecule has 6 heteroatoms. The van der Waals surface area contributed by atoms with E-state index in [0.29, 0.717) is 24.9 Å². The summed E-state index contributed by atoms with van der Waals surface area (Å²) < 4.78 is 0. The van der Waals surface area contributed by atoms with E-state index in [-0.39, 0.29) is 36.8 Å². The molecule has 0 saturated heterocycles. The molecule has 2 atom stereocenters. The number of benzene rings is 1. The lowest BCUT2D eigenvalue weighted by atomic mass is 10.0. The minimum atomic E-state index is -0.242. The fourth-order valence-corrected chi connectivity index (χ4v) is 2.34. The van der Waals surface area contributed by atoms with Crippen molar-refractivity contribution in [3.05, 3.63) is 35.9 Å². The number of hydrogen-bond donors (Lipinski definition) is 2. The largest absolute Gasteiger partial charge is 0.354 e. The van der Waals surface area contributed by atoms with Crippen molar-refractivity contribution in [1.29, 1.82) is 0 Å². The molecule has 3 N–H and O–H groups in total. The molecule has 0 aliphatic heterocycles. The molecule has 0 aliphatic rings. The van der Waals surface area contributed by atoms with Crippen LogP contribution in [0.1, 0.15) is 38.3 Å². The molecule has 0 radical (unpaired) electrons. The molecule has 0 spiro atoms. The summed E-state index contributed by atoms with van der Waals surface area (Å²) in [6.45, 7) is 5.07. The molecule has 134 valence electrons. The Hall–Kier alpha value is -0.810. The standard InChI is InChI=1S/C17H29N3O.2ClH/c1-13(2)10-15(20(3)4)12-19-17(21)11-16(18)14-8-6-5-7-9-14;;/h5-9,13,15-16H,10-12,18H2,1-4H3,(H,19,21);2*1H. The highest BCUT2D eigenvalue weighted by Crippen LogP contribution is 2.13. The number of carbonyl (C=O) groups excluding carboxylic acids is 1. The number of nitrogens with zero attached hydrogens (tertiary/aromatic N) is 1. The van der Waals surface area contributed by atoms with Crippen LogP contribution in [0.2, 0.25) is 0 Å². The zero-order valence-electron chi connectivity index (χ0n) is 14.5. The van der Waals surface area contributed by atoms with Gasteiger partial charge in [0, 0.05) is 25.0 Å². The lowest BCUT2D eigenvalue weighted by Gasteiger charge is -2.26. The zero-order chi connectivity index (χ0) is 15.8. The predicted octanol–water partition coefficient (Wildman–Crippen LogP) is 3.01. The number of amides is 1. The van der Waals surface area contributed by atoms with E-state index in [1.54, 1.807) is 0 Å². The van der Waals surface area contributed by atoms with Gasteiger partial charge in [0.25, 0.3) is 0 Å². The lowest BCUT2D eigenvalue weighted by molar-refractivity contribution is -0.121. The first-order valence-electron chi connectivity index (χ1n) is 7.63. The minimum Gasteiger partial charge on any atom is -0.354 e. The summed E-state index contributed by atoms with van der Waals surface area (Å²) in [4.78, 5) is 14.2. The van der Waals surface area contributed by atoms with Crippen molar-refractivity contribution in [1.82, 2.24) is 10.2 Å². The predicted molar refractivity (Wildman–Crippen MR) is 102 cm³/mol. The van der Waals surface area contributed by atoms with E-state index in [2.05, 4.69) is 38.2 Å². The van der Waals surface area contributed by atoms with Crippen LogP contribution in [0, 0.1) is 5.92 Å². The SMILES string of the molecule is CC(C)CC(CNC(=O)CC(N)c1ccccc1)N(C)C.Cl.Cl. The molecule has 0 bridgehead atoms. The second-order valence-electron chi connectivity index (χ2n) is 6.27. The number of likely N-dealkylation sites (N-methyl/N-ethyl adjacent to an activating group) is 1. The van der Waals surface area contributed by atoms with Crippen LogP contribution in [0.4, 0.5) is 0 Å². The Balaban J connectivity index is 0. The molecule has 0 aliphatic carbocycles. The van der Waals surface area contributed by atoms with Gasteiger partial charge in [-0.05, 0) is 32.0 Å². The molecule has 2 unspecified atom stereocenters. The second kappa shape index (κ2) is 12.6. The highest BCUT2D eigenvalue weighted by atomic mass is 35.5. The van der Waals surface area contributed by atoms with Crippen molar-refractivity contribution >= 4 is 30.7 Å². The van der Waals surface area contributed by atoms with E-state index in [1.165, 1.54) is 0 Å². The average Bonchev–Trinajstić information content (AvgIpc) is 2.43. The number of carbonyl (C=O) groups is 1. The molecule has 1 amide bonds. The molecular formula is C17H31Cl2N3O. The topological polar surface area (TPSA) is 58.4 Å². The van der Waals surface area contributed by atoms with E-state index in [1.807, 2.05) is 30.3 Å².